The quantitative estimate of drug-likeness (QED) is 0.784. The highest BCUT2D eigenvalue weighted by molar-refractivity contribution is 5.92. The number of aryl methyl sites for hydroxylation is 1. The van der Waals surface area contributed by atoms with Crippen molar-refractivity contribution in [2.45, 2.75) is 46.4 Å². The number of carbonyl (C=O) groups excluding carboxylic acids is 2. The number of ether oxygens (including phenoxy) is 1. The Balaban J connectivity index is 2.71. The average Bonchev–Trinajstić information content (AvgIpc) is 2.69. The van der Waals surface area contributed by atoms with Crippen molar-refractivity contribution in [1.29, 1.82) is 0 Å². The molecule has 6 heteroatoms. The maximum absolute atomic E-state index is 12.0. The molecule has 0 spiro atoms. The zero-order chi connectivity index (χ0) is 14.6. The van der Waals surface area contributed by atoms with Gasteiger partial charge < -0.3 is 20.4 Å². The smallest absolute Gasteiger partial charge is 0.355 e. The Morgan fingerprint density at radius 2 is 2.05 bits per heavy atom. The standard InChI is InChI=1S/C13H21N3O3/c1-5-16-7-10(14)6-11(16)13(18)19-9(4)12(17)15-8(2)3/h6-9H,5,14H2,1-4H3,(H,15,17). The second kappa shape index (κ2) is 6.26. The van der Waals surface area contributed by atoms with Gasteiger partial charge in [-0.3, -0.25) is 4.79 Å². The normalized spacial score (nSPS) is 12.3. The van der Waals surface area contributed by atoms with E-state index in [0.29, 0.717) is 17.9 Å². The second-order valence-electron chi connectivity index (χ2n) is 4.66. The Kier molecular flexibility index (Phi) is 4.97. The van der Waals surface area contributed by atoms with Crippen molar-refractivity contribution >= 4 is 17.6 Å². The highest BCUT2D eigenvalue weighted by Gasteiger charge is 2.21. The van der Waals surface area contributed by atoms with Crippen LogP contribution in [-0.2, 0) is 16.1 Å². The second-order valence-corrected chi connectivity index (χ2v) is 4.66. The first kappa shape index (κ1) is 15.1. The van der Waals surface area contributed by atoms with Crippen LogP contribution in [0.5, 0.6) is 0 Å². The average molecular weight is 267 g/mol. The Morgan fingerprint density at radius 3 is 2.58 bits per heavy atom. The summed E-state index contributed by atoms with van der Waals surface area (Å²) in [6, 6.07) is 1.54. The minimum Gasteiger partial charge on any atom is -0.448 e. The molecule has 6 nitrogen and oxygen atoms in total. The van der Waals surface area contributed by atoms with Crippen molar-refractivity contribution in [1.82, 2.24) is 9.88 Å². The summed E-state index contributed by atoms with van der Waals surface area (Å²) in [6.45, 7) is 7.72. The van der Waals surface area contributed by atoms with Gasteiger partial charge in [-0.2, -0.15) is 0 Å². The van der Waals surface area contributed by atoms with Gasteiger partial charge in [-0.15, -0.1) is 0 Å². The van der Waals surface area contributed by atoms with Crippen molar-refractivity contribution in [3.63, 3.8) is 0 Å². The van der Waals surface area contributed by atoms with E-state index in [1.54, 1.807) is 16.8 Å². The molecule has 0 bridgehead atoms. The highest BCUT2D eigenvalue weighted by Crippen LogP contribution is 2.12. The van der Waals surface area contributed by atoms with Crippen molar-refractivity contribution in [3.8, 4) is 0 Å². The molecule has 3 N–H and O–H groups in total. The summed E-state index contributed by atoms with van der Waals surface area (Å²) in [4.78, 5) is 23.6. The number of nitrogens with zero attached hydrogens (tertiary/aromatic N) is 1. The van der Waals surface area contributed by atoms with Crippen LogP contribution in [0.25, 0.3) is 0 Å². The van der Waals surface area contributed by atoms with E-state index in [1.807, 2.05) is 20.8 Å². The van der Waals surface area contributed by atoms with Gasteiger partial charge in [-0.1, -0.05) is 0 Å². The van der Waals surface area contributed by atoms with Gasteiger partial charge in [0.05, 0.1) is 5.69 Å². The molecule has 1 aromatic rings. The molecule has 0 aliphatic heterocycles. The molecule has 0 saturated heterocycles. The molecule has 1 amide bonds. The molecule has 0 fully saturated rings. The summed E-state index contributed by atoms with van der Waals surface area (Å²) >= 11 is 0. The first-order valence-corrected chi connectivity index (χ1v) is 6.32. The maximum Gasteiger partial charge on any atom is 0.355 e. The lowest BCUT2D eigenvalue weighted by molar-refractivity contribution is -0.129. The van der Waals surface area contributed by atoms with Crippen LogP contribution in [0, 0.1) is 0 Å². The molecule has 106 valence electrons. The predicted octanol–water partition coefficient (Wildman–Crippen LogP) is 1.16. The monoisotopic (exact) mass is 267 g/mol. The number of rotatable bonds is 5. The molecule has 0 radical (unpaired) electrons. The van der Waals surface area contributed by atoms with Gasteiger partial charge >= 0.3 is 5.97 Å². The number of carbonyl (C=O) groups is 2. The number of nitrogens with two attached hydrogens (primary N) is 1. The van der Waals surface area contributed by atoms with Crippen LogP contribution in [0.15, 0.2) is 12.3 Å². The zero-order valence-electron chi connectivity index (χ0n) is 11.8. The van der Waals surface area contributed by atoms with E-state index in [1.165, 1.54) is 6.92 Å². The molecule has 1 unspecified atom stereocenters. The van der Waals surface area contributed by atoms with Crippen molar-refractivity contribution in [2.75, 3.05) is 5.73 Å². The molecule has 1 heterocycles. The molecule has 0 saturated carbocycles. The summed E-state index contributed by atoms with van der Waals surface area (Å²) < 4.78 is 6.81. The number of nitrogen functional groups attached to an aromatic ring is 1. The van der Waals surface area contributed by atoms with Crippen molar-refractivity contribution < 1.29 is 14.3 Å². The highest BCUT2D eigenvalue weighted by atomic mass is 16.5. The van der Waals surface area contributed by atoms with Gasteiger partial charge in [-0.25, -0.2) is 4.79 Å². The molecular formula is C13H21N3O3. The zero-order valence-corrected chi connectivity index (χ0v) is 11.8. The van der Waals surface area contributed by atoms with Crippen LogP contribution in [0.1, 0.15) is 38.2 Å². The fraction of sp³-hybridized carbons (Fsp3) is 0.538. The first-order valence-electron chi connectivity index (χ1n) is 6.32. The summed E-state index contributed by atoms with van der Waals surface area (Å²) in [7, 11) is 0. The minimum atomic E-state index is -0.837. The predicted molar refractivity (Wildman–Crippen MR) is 72.7 cm³/mol. The van der Waals surface area contributed by atoms with Crippen LogP contribution in [0.4, 0.5) is 5.69 Å². The van der Waals surface area contributed by atoms with Crippen LogP contribution >= 0.6 is 0 Å². The molecule has 1 atom stereocenters. The molecule has 1 aromatic heterocycles. The summed E-state index contributed by atoms with van der Waals surface area (Å²) in [5.74, 6) is -0.865. The SMILES string of the molecule is CCn1cc(N)cc1C(=O)OC(C)C(=O)NC(C)C. The lowest BCUT2D eigenvalue weighted by Crippen LogP contribution is -2.39. The topological polar surface area (TPSA) is 86.3 Å². The molecule has 0 aliphatic carbocycles. The lowest BCUT2D eigenvalue weighted by atomic mass is 10.3. The van der Waals surface area contributed by atoms with E-state index in [-0.39, 0.29) is 11.9 Å². The van der Waals surface area contributed by atoms with Crippen LogP contribution in [-0.4, -0.2) is 28.6 Å². The van der Waals surface area contributed by atoms with Crippen LogP contribution in [0.2, 0.25) is 0 Å². The number of aromatic nitrogens is 1. The Labute approximate surface area is 112 Å². The van der Waals surface area contributed by atoms with Crippen LogP contribution in [0.3, 0.4) is 0 Å². The number of anilines is 1. The third-order valence-corrected chi connectivity index (χ3v) is 2.55. The summed E-state index contributed by atoms with van der Waals surface area (Å²) in [5, 5.41) is 2.69. The number of amides is 1. The van der Waals surface area contributed by atoms with E-state index in [4.69, 9.17) is 10.5 Å². The maximum atomic E-state index is 12.0. The molecule has 19 heavy (non-hydrogen) atoms. The molecular weight excluding hydrogens is 246 g/mol. The van der Waals surface area contributed by atoms with E-state index in [9.17, 15) is 9.59 Å². The fourth-order valence-corrected chi connectivity index (χ4v) is 1.64. The van der Waals surface area contributed by atoms with Gasteiger partial charge in [0.15, 0.2) is 6.10 Å². The summed E-state index contributed by atoms with van der Waals surface area (Å²) in [6.07, 6.45) is 0.825. The Bertz CT molecular complexity index is 466. The van der Waals surface area contributed by atoms with Gasteiger partial charge in [-0.05, 0) is 33.8 Å². The van der Waals surface area contributed by atoms with Crippen LogP contribution < -0.4 is 11.1 Å². The first-order chi connectivity index (χ1) is 8.85. The van der Waals surface area contributed by atoms with Crippen molar-refractivity contribution in [2.24, 2.45) is 0 Å². The Morgan fingerprint density at radius 1 is 1.42 bits per heavy atom. The van der Waals surface area contributed by atoms with E-state index in [2.05, 4.69) is 5.32 Å². The largest absolute Gasteiger partial charge is 0.448 e. The summed E-state index contributed by atoms with van der Waals surface area (Å²) in [5.41, 5.74) is 6.49. The molecule has 0 aliphatic rings. The molecule has 1 rings (SSSR count). The van der Waals surface area contributed by atoms with E-state index < -0.39 is 12.1 Å². The lowest BCUT2D eigenvalue weighted by Gasteiger charge is -2.15. The van der Waals surface area contributed by atoms with E-state index in [0.717, 1.165) is 0 Å². The Hall–Kier alpha value is -1.98. The third kappa shape index (κ3) is 4.01. The van der Waals surface area contributed by atoms with E-state index >= 15 is 0 Å². The number of esters is 1. The van der Waals surface area contributed by atoms with Gasteiger partial charge in [0.2, 0.25) is 0 Å². The number of hydrogen-bond donors (Lipinski definition) is 2. The van der Waals surface area contributed by atoms with Gasteiger partial charge in [0, 0.05) is 18.8 Å². The number of nitrogens with one attached hydrogen (secondary N) is 1. The van der Waals surface area contributed by atoms with Gasteiger partial charge in [0.25, 0.3) is 5.91 Å². The number of hydrogen-bond acceptors (Lipinski definition) is 4. The third-order valence-electron chi connectivity index (χ3n) is 2.55. The van der Waals surface area contributed by atoms with Crippen molar-refractivity contribution in [3.05, 3.63) is 18.0 Å². The van der Waals surface area contributed by atoms with Gasteiger partial charge in [0.1, 0.15) is 5.69 Å². The fourth-order valence-electron chi connectivity index (χ4n) is 1.64. The minimum absolute atomic E-state index is 0.00352. The molecule has 0 aromatic carbocycles.